The molecular formula is C11H14BrN. The lowest BCUT2D eigenvalue weighted by Gasteiger charge is -2.23. The van der Waals surface area contributed by atoms with E-state index in [1.807, 2.05) is 0 Å². The molecule has 13 heavy (non-hydrogen) atoms. The third kappa shape index (κ3) is 1.60. The van der Waals surface area contributed by atoms with E-state index in [4.69, 9.17) is 0 Å². The summed E-state index contributed by atoms with van der Waals surface area (Å²) in [6.45, 7) is 5.66. The minimum Gasteiger partial charge on any atom is -0.369 e. The van der Waals surface area contributed by atoms with Gasteiger partial charge in [-0.1, -0.05) is 15.9 Å². The van der Waals surface area contributed by atoms with Crippen molar-refractivity contribution in [2.75, 3.05) is 11.4 Å². The predicted molar refractivity (Wildman–Crippen MR) is 60.3 cm³/mol. The molecule has 1 aliphatic rings. The van der Waals surface area contributed by atoms with Gasteiger partial charge in [-0.05, 0) is 44.0 Å². The first-order chi connectivity index (χ1) is 6.18. The second-order valence-corrected chi connectivity index (χ2v) is 4.73. The fraction of sp³-hybridized carbons (Fsp3) is 0.455. The highest BCUT2D eigenvalue weighted by atomic mass is 79.9. The second-order valence-electron chi connectivity index (χ2n) is 3.81. The Balaban J connectivity index is 2.38. The van der Waals surface area contributed by atoms with Gasteiger partial charge in [0, 0.05) is 22.7 Å². The Bertz CT molecular complexity index is 320. The smallest absolute Gasteiger partial charge is 0.0402 e. The summed E-state index contributed by atoms with van der Waals surface area (Å²) >= 11 is 3.50. The minimum absolute atomic E-state index is 0.613. The highest BCUT2D eigenvalue weighted by Gasteiger charge is 2.20. The van der Waals surface area contributed by atoms with Crippen LogP contribution in [0.5, 0.6) is 0 Å². The Morgan fingerprint density at radius 1 is 1.38 bits per heavy atom. The van der Waals surface area contributed by atoms with Crippen LogP contribution in [0.4, 0.5) is 5.69 Å². The van der Waals surface area contributed by atoms with Crippen LogP contribution in [0.25, 0.3) is 0 Å². The molecular weight excluding hydrogens is 226 g/mol. The summed E-state index contributed by atoms with van der Waals surface area (Å²) in [6.07, 6.45) is 1.19. The first kappa shape index (κ1) is 9.07. The molecule has 0 atom stereocenters. The fourth-order valence-electron chi connectivity index (χ4n) is 1.93. The molecule has 0 saturated carbocycles. The van der Waals surface area contributed by atoms with Gasteiger partial charge in [0.25, 0.3) is 0 Å². The van der Waals surface area contributed by atoms with Crippen LogP contribution < -0.4 is 4.90 Å². The monoisotopic (exact) mass is 239 g/mol. The van der Waals surface area contributed by atoms with Crippen molar-refractivity contribution in [1.82, 2.24) is 0 Å². The number of halogens is 1. The number of hydrogen-bond acceptors (Lipinski definition) is 1. The topological polar surface area (TPSA) is 3.24 Å². The number of hydrogen-bond donors (Lipinski definition) is 0. The van der Waals surface area contributed by atoms with Gasteiger partial charge in [-0.3, -0.25) is 0 Å². The summed E-state index contributed by atoms with van der Waals surface area (Å²) in [5.41, 5.74) is 2.89. The number of fused-ring (bicyclic) bond motifs is 1. The minimum atomic E-state index is 0.613. The predicted octanol–water partition coefficient (Wildman–Crippen LogP) is 3.22. The normalized spacial score (nSPS) is 15.2. The first-order valence-corrected chi connectivity index (χ1v) is 5.53. The summed E-state index contributed by atoms with van der Waals surface area (Å²) in [7, 11) is 0. The molecule has 0 amide bonds. The molecule has 0 saturated heterocycles. The van der Waals surface area contributed by atoms with Crippen LogP contribution in [0.1, 0.15) is 19.4 Å². The lowest BCUT2D eigenvalue weighted by Crippen LogP contribution is -2.28. The number of nitrogens with zero attached hydrogens (tertiary/aromatic N) is 1. The largest absolute Gasteiger partial charge is 0.369 e. The molecule has 2 rings (SSSR count). The molecule has 0 aliphatic carbocycles. The maximum Gasteiger partial charge on any atom is 0.0402 e. The molecule has 1 heterocycles. The van der Waals surface area contributed by atoms with Gasteiger partial charge in [0.05, 0.1) is 0 Å². The molecule has 0 bridgehead atoms. The van der Waals surface area contributed by atoms with E-state index in [1.165, 1.54) is 28.7 Å². The summed E-state index contributed by atoms with van der Waals surface area (Å²) in [5.74, 6) is 0. The van der Waals surface area contributed by atoms with Gasteiger partial charge in [-0.2, -0.15) is 0 Å². The summed E-state index contributed by atoms with van der Waals surface area (Å²) in [5, 5.41) is 0. The molecule has 70 valence electrons. The molecule has 1 aromatic rings. The highest BCUT2D eigenvalue weighted by Crippen LogP contribution is 2.31. The summed E-state index contributed by atoms with van der Waals surface area (Å²) in [4.78, 5) is 2.46. The molecule has 0 fully saturated rings. The molecule has 1 aliphatic heterocycles. The molecule has 0 aromatic heterocycles. The average Bonchev–Trinajstić information content (AvgIpc) is 2.46. The second kappa shape index (κ2) is 3.33. The summed E-state index contributed by atoms with van der Waals surface area (Å²) < 4.78 is 1.19. The third-order valence-electron chi connectivity index (χ3n) is 2.60. The van der Waals surface area contributed by atoms with Gasteiger partial charge in [-0.25, -0.2) is 0 Å². The van der Waals surface area contributed by atoms with E-state index in [0.29, 0.717) is 6.04 Å². The molecule has 2 heteroatoms. The zero-order valence-corrected chi connectivity index (χ0v) is 9.63. The van der Waals surface area contributed by atoms with Gasteiger partial charge < -0.3 is 4.90 Å². The van der Waals surface area contributed by atoms with Crippen LogP contribution in [0, 0.1) is 0 Å². The van der Waals surface area contributed by atoms with E-state index >= 15 is 0 Å². The molecule has 1 nitrogen and oxygen atoms in total. The van der Waals surface area contributed by atoms with E-state index < -0.39 is 0 Å². The molecule has 0 unspecified atom stereocenters. The number of anilines is 1. The van der Waals surface area contributed by atoms with E-state index in [1.54, 1.807) is 0 Å². The van der Waals surface area contributed by atoms with Crippen molar-refractivity contribution >= 4 is 21.6 Å². The van der Waals surface area contributed by atoms with Gasteiger partial charge in [0.1, 0.15) is 0 Å². The van der Waals surface area contributed by atoms with Crippen LogP contribution in [0.2, 0.25) is 0 Å². The Kier molecular flexibility index (Phi) is 2.33. The Morgan fingerprint density at radius 3 is 2.85 bits per heavy atom. The van der Waals surface area contributed by atoms with E-state index in [-0.39, 0.29) is 0 Å². The van der Waals surface area contributed by atoms with Crippen molar-refractivity contribution in [2.24, 2.45) is 0 Å². The van der Waals surface area contributed by atoms with E-state index in [2.05, 4.69) is 52.9 Å². The highest BCUT2D eigenvalue weighted by molar-refractivity contribution is 9.10. The molecule has 0 radical (unpaired) electrons. The van der Waals surface area contributed by atoms with Crippen molar-refractivity contribution in [3.05, 3.63) is 28.2 Å². The van der Waals surface area contributed by atoms with E-state index in [0.717, 1.165) is 0 Å². The van der Waals surface area contributed by atoms with Crippen LogP contribution in [-0.2, 0) is 6.42 Å². The zero-order chi connectivity index (χ0) is 9.42. The van der Waals surface area contributed by atoms with Crippen molar-refractivity contribution in [3.8, 4) is 0 Å². The van der Waals surface area contributed by atoms with Crippen molar-refractivity contribution in [2.45, 2.75) is 26.3 Å². The van der Waals surface area contributed by atoms with Crippen molar-refractivity contribution < 1.29 is 0 Å². The lowest BCUT2D eigenvalue weighted by molar-refractivity contribution is 0.710. The SMILES string of the molecule is CC(C)N1CCc2cc(Br)ccc21. The van der Waals surface area contributed by atoms with Gasteiger partial charge >= 0.3 is 0 Å². The molecule has 0 spiro atoms. The van der Waals surface area contributed by atoms with Crippen LogP contribution in [-0.4, -0.2) is 12.6 Å². The third-order valence-corrected chi connectivity index (χ3v) is 3.09. The van der Waals surface area contributed by atoms with E-state index in [9.17, 15) is 0 Å². The van der Waals surface area contributed by atoms with Crippen LogP contribution >= 0.6 is 15.9 Å². The zero-order valence-electron chi connectivity index (χ0n) is 8.05. The first-order valence-electron chi connectivity index (χ1n) is 4.73. The van der Waals surface area contributed by atoms with Gasteiger partial charge in [0.15, 0.2) is 0 Å². The van der Waals surface area contributed by atoms with Crippen molar-refractivity contribution in [3.63, 3.8) is 0 Å². The van der Waals surface area contributed by atoms with Gasteiger partial charge in [-0.15, -0.1) is 0 Å². The maximum atomic E-state index is 3.50. The quantitative estimate of drug-likeness (QED) is 0.728. The Morgan fingerprint density at radius 2 is 2.15 bits per heavy atom. The maximum absolute atomic E-state index is 3.50. The number of rotatable bonds is 1. The van der Waals surface area contributed by atoms with Crippen molar-refractivity contribution in [1.29, 1.82) is 0 Å². The van der Waals surface area contributed by atoms with Crippen LogP contribution in [0.3, 0.4) is 0 Å². The fourth-order valence-corrected chi connectivity index (χ4v) is 2.34. The summed E-state index contributed by atoms with van der Waals surface area (Å²) in [6, 6.07) is 7.19. The molecule has 0 N–H and O–H groups in total. The Hall–Kier alpha value is -0.500. The molecule has 1 aromatic carbocycles. The standard InChI is InChI=1S/C11H14BrN/c1-8(2)13-6-5-9-7-10(12)3-4-11(9)13/h3-4,7-8H,5-6H2,1-2H3. The average molecular weight is 240 g/mol. The lowest BCUT2D eigenvalue weighted by atomic mass is 10.2. The van der Waals surface area contributed by atoms with Gasteiger partial charge in [0.2, 0.25) is 0 Å². The Labute approximate surface area is 87.9 Å². The number of benzene rings is 1. The van der Waals surface area contributed by atoms with Crippen LogP contribution in [0.15, 0.2) is 22.7 Å².